The normalized spacial score (nSPS) is 25.9. The smallest absolute Gasteiger partial charge is 0.123 e. The largest absolute Gasteiger partial charge is 0.330 e. The maximum absolute atomic E-state index is 13.1. The van der Waals surface area contributed by atoms with Gasteiger partial charge in [-0.1, -0.05) is 6.07 Å². The fourth-order valence-electron chi connectivity index (χ4n) is 2.27. The highest BCUT2D eigenvalue weighted by molar-refractivity contribution is 5.32. The number of rotatable bonds is 2. The van der Waals surface area contributed by atoms with Gasteiger partial charge in [-0.2, -0.15) is 0 Å². The minimum Gasteiger partial charge on any atom is -0.330 e. The molecule has 1 saturated carbocycles. The Morgan fingerprint density at radius 2 is 2.21 bits per heavy atom. The second-order valence-electron chi connectivity index (χ2n) is 4.18. The van der Waals surface area contributed by atoms with Crippen LogP contribution in [-0.4, -0.2) is 6.54 Å². The second-order valence-corrected chi connectivity index (χ2v) is 4.18. The van der Waals surface area contributed by atoms with Gasteiger partial charge in [0.1, 0.15) is 5.82 Å². The molecule has 0 spiro atoms. The van der Waals surface area contributed by atoms with E-state index in [1.807, 2.05) is 13.0 Å². The molecular weight excluding hydrogens is 177 g/mol. The van der Waals surface area contributed by atoms with E-state index >= 15 is 0 Å². The predicted octanol–water partition coefficient (Wildman–Crippen LogP) is 2.59. The monoisotopic (exact) mass is 193 g/mol. The van der Waals surface area contributed by atoms with Gasteiger partial charge in [0, 0.05) is 0 Å². The van der Waals surface area contributed by atoms with Gasteiger partial charge in [0.25, 0.3) is 0 Å². The topological polar surface area (TPSA) is 26.0 Å². The van der Waals surface area contributed by atoms with Crippen LogP contribution in [-0.2, 0) is 0 Å². The number of aryl methyl sites for hydroxylation is 1. The van der Waals surface area contributed by atoms with Crippen molar-refractivity contribution in [3.05, 3.63) is 35.1 Å². The summed E-state index contributed by atoms with van der Waals surface area (Å²) in [7, 11) is 0. The second kappa shape index (κ2) is 3.70. The molecule has 0 saturated heterocycles. The highest BCUT2D eigenvalue weighted by Crippen LogP contribution is 2.42. The SMILES string of the molecule is Cc1ccc(F)cc1C1CCC1CN. The van der Waals surface area contributed by atoms with Crippen molar-refractivity contribution in [2.45, 2.75) is 25.7 Å². The first-order valence-electron chi connectivity index (χ1n) is 5.18. The molecule has 0 aromatic heterocycles. The number of hydrogen-bond donors (Lipinski definition) is 1. The van der Waals surface area contributed by atoms with Crippen LogP contribution >= 0.6 is 0 Å². The Hall–Kier alpha value is -0.890. The zero-order chi connectivity index (χ0) is 10.1. The van der Waals surface area contributed by atoms with Crippen molar-refractivity contribution in [1.29, 1.82) is 0 Å². The quantitative estimate of drug-likeness (QED) is 0.767. The van der Waals surface area contributed by atoms with E-state index in [0.717, 1.165) is 18.5 Å². The van der Waals surface area contributed by atoms with Crippen molar-refractivity contribution < 1.29 is 4.39 Å². The molecule has 1 aromatic carbocycles. The van der Waals surface area contributed by atoms with Crippen LogP contribution < -0.4 is 5.73 Å². The third-order valence-electron chi connectivity index (χ3n) is 3.36. The van der Waals surface area contributed by atoms with Crippen LogP contribution in [0.2, 0.25) is 0 Å². The summed E-state index contributed by atoms with van der Waals surface area (Å²) in [5.74, 6) is 0.930. The Kier molecular flexibility index (Phi) is 2.55. The van der Waals surface area contributed by atoms with Crippen molar-refractivity contribution in [1.82, 2.24) is 0 Å². The van der Waals surface area contributed by atoms with E-state index in [9.17, 15) is 4.39 Å². The maximum Gasteiger partial charge on any atom is 0.123 e. The van der Waals surface area contributed by atoms with Crippen molar-refractivity contribution >= 4 is 0 Å². The number of halogens is 1. The molecule has 0 heterocycles. The van der Waals surface area contributed by atoms with Crippen molar-refractivity contribution in [3.8, 4) is 0 Å². The molecule has 14 heavy (non-hydrogen) atoms. The minimum atomic E-state index is -0.131. The summed E-state index contributed by atoms with van der Waals surface area (Å²) in [4.78, 5) is 0. The Morgan fingerprint density at radius 1 is 1.43 bits per heavy atom. The predicted molar refractivity (Wildman–Crippen MR) is 55.7 cm³/mol. The van der Waals surface area contributed by atoms with Crippen LogP contribution in [0.15, 0.2) is 18.2 Å². The molecular formula is C12H16FN. The molecule has 2 unspecified atom stereocenters. The molecule has 76 valence electrons. The van der Waals surface area contributed by atoms with Crippen LogP contribution in [0, 0.1) is 18.7 Å². The van der Waals surface area contributed by atoms with E-state index in [-0.39, 0.29) is 5.82 Å². The molecule has 1 aromatic rings. The van der Waals surface area contributed by atoms with Crippen LogP contribution in [0.4, 0.5) is 4.39 Å². The minimum absolute atomic E-state index is 0.131. The Bertz CT molecular complexity index is 333. The van der Waals surface area contributed by atoms with Crippen LogP contribution in [0.3, 0.4) is 0 Å². The van der Waals surface area contributed by atoms with Gasteiger partial charge in [0.15, 0.2) is 0 Å². The van der Waals surface area contributed by atoms with Crippen molar-refractivity contribution in [2.24, 2.45) is 11.7 Å². The average molecular weight is 193 g/mol. The first kappa shape index (κ1) is 9.66. The van der Waals surface area contributed by atoms with E-state index in [4.69, 9.17) is 5.73 Å². The van der Waals surface area contributed by atoms with Crippen molar-refractivity contribution in [3.63, 3.8) is 0 Å². The molecule has 2 atom stereocenters. The average Bonchev–Trinajstić information content (AvgIpc) is 2.10. The van der Waals surface area contributed by atoms with E-state index < -0.39 is 0 Å². The standard InChI is InChI=1S/C12H16FN/c1-8-2-4-10(13)6-12(8)11-5-3-9(11)7-14/h2,4,6,9,11H,3,5,7,14H2,1H3. The summed E-state index contributed by atoms with van der Waals surface area (Å²) in [6, 6.07) is 5.05. The summed E-state index contributed by atoms with van der Waals surface area (Å²) < 4.78 is 13.1. The number of hydrogen-bond acceptors (Lipinski definition) is 1. The van der Waals surface area contributed by atoms with E-state index in [1.54, 1.807) is 6.07 Å². The van der Waals surface area contributed by atoms with Crippen LogP contribution in [0.1, 0.15) is 29.9 Å². The Labute approximate surface area is 84.1 Å². The lowest BCUT2D eigenvalue weighted by molar-refractivity contribution is 0.262. The highest BCUT2D eigenvalue weighted by atomic mass is 19.1. The van der Waals surface area contributed by atoms with Gasteiger partial charge in [-0.3, -0.25) is 0 Å². The van der Waals surface area contributed by atoms with Crippen LogP contribution in [0.25, 0.3) is 0 Å². The summed E-state index contributed by atoms with van der Waals surface area (Å²) >= 11 is 0. The van der Waals surface area contributed by atoms with Gasteiger partial charge in [0.05, 0.1) is 0 Å². The molecule has 1 aliphatic rings. The molecule has 2 N–H and O–H groups in total. The molecule has 0 bridgehead atoms. The van der Waals surface area contributed by atoms with Gasteiger partial charge in [0.2, 0.25) is 0 Å². The molecule has 2 heteroatoms. The van der Waals surface area contributed by atoms with Crippen molar-refractivity contribution in [2.75, 3.05) is 6.54 Å². The summed E-state index contributed by atoms with van der Waals surface area (Å²) in [6.07, 6.45) is 2.35. The van der Waals surface area contributed by atoms with Gasteiger partial charge >= 0.3 is 0 Å². The van der Waals surface area contributed by atoms with Gasteiger partial charge in [-0.15, -0.1) is 0 Å². The summed E-state index contributed by atoms with van der Waals surface area (Å²) in [5.41, 5.74) is 8.00. The van der Waals surface area contributed by atoms with Gasteiger partial charge in [-0.05, 0) is 61.4 Å². The molecule has 1 fully saturated rings. The molecule has 0 aliphatic heterocycles. The molecule has 0 radical (unpaired) electrons. The first-order chi connectivity index (χ1) is 6.72. The lowest BCUT2D eigenvalue weighted by Crippen LogP contribution is -2.31. The van der Waals surface area contributed by atoms with E-state index in [2.05, 4.69) is 0 Å². The lowest BCUT2D eigenvalue weighted by atomic mass is 9.69. The third kappa shape index (κ3) is 1.55. The number of benzene rings is 1. The molecule has 1 nitrogen and oxygen atoms in total. The summed E-state index contributed by atoms with van der Waals surface area (Å²) in [5, 5.41) is 0. The lowest BCUT2D eigenvalue weighted by Gasteiger charge is -2.37. The van der Waals surface area contributed by atoms with E-state index in [1.165, 1.54) is 18.1 Å². The maximum atomic E-state index is 13.1. The Morgan fingerprint density at radius 3 is 2.79 bits per heavy atom. The van der Waals surface area contributed by atoms with Gasteiger partial charge in [-0.25, -0.2) is 4.39 Å². The fraction of sp³-hybridized carbons (Fsp3) is 0.500. The third-order valence-corrected chi connectivity index (χ3v) is 3.36. The molecule has 0 amide bonds. The zero-order valence-corrected chi connectivity index (χ0v) is 8.46. The van der Waals surface area contributed by atoms with Crippen LogP contribution in [0.5, 0.6) is 0 Å². The number of nitrogens with two attached hydrogens (primary N) is 1. The summed E-state index contributed by atoms with van der Waals surface area (Å²) in [6.45, 7) is 2.77. The zero-order valence-electron chi connectivity index (χ0n) is 8.46. The molecule has 1 aliphatic carbocycles. The highest BCUT2D eigenvalue weighted by Gasteiger charge is 2.31. The van der Waals surface area contributed by atoms with E-state index in [0.29, 0.717) is 11.8 Å². The Balaban J connectivity index is 2.27. The fourth-order valence-corrected chi connectivity index (χ4v) is 2.27. The first-order valence-corrected chi connectivity index (χ1v) is 5.18. The van der Waals surface area contributed by atoms with Gasteiger partial charge < -0.3 is 5.73 Å². The molecule has 2 rings (SSSR count).